The van der Waals surface area contributed by atoms with Gasteiger partial charge in [-0.2, -0.15) is 0 Å². The van der Waals surface area contributed by atoms with Crippen LogP contribution in [0.1, 0.15) is 12.0 Å². The van der Waals surface area contributed by atoms with E-state index in [-0.39, 0.29) is 13.2 Å². The second kappa shape index (κ2) is 5.93. The number of carbonyl (C=O) groups is 2. The quantitative estimate of drug-likeness (QED) is 0.790. The van der Waals surface area contributed by atoms with E-state index >= 15 is 0 Å². The number of hydrogen-bond acceptors (Lipinski definition) is 5. The van der Waals surface area contributed by atoms with Gasteiger partial charge in [0, 0.05) is 11.4 Å². The molecule has 5 nitrogen and oxygen atoms in total. The summed E-state index contributed by atoms with van der Waals surface area (Å²) in [7, 11) is 0. The molecule has 1 atom stereocenters. The molecule has 0 bridgehead atoms. The number of cyclic esters (lactones) is 1. The van der Waals surface area contributed by atoms with Crippen LogP contribution in [0.25, 0.3) is 0 Å². The van der Waals surface area contributed by atoms with Crippen molar-refractivity contribution in [2.75, 3.05) is 13.2 Å². The monoisotopic (exact) mass is 284 g/mol. The lowest BCUT2D eigenvalue weighted by Crippen LogP contribution is -2.26. The zero-order valence-corrected chi connectivity index (χ0v) is 11.1. The molecule has 1 saturated heterocycles. The lowest BCUT2D eigenvalue weighted by atomic mass is 10.2. The molecule has 1 fully saturated rings. The molecular weight excluding hydrogens is 272 g/mol. The average Bonchev–Trinajstić information content (AvgIpc) is 2.77. The maximum atomic E-state index is 11.5. The van der Waals surface area contributed by atoms with Crippen LogP contribution >= 0.6 is 11.6 Å². The zero-order chi connectivity index (χ0) is 13.8. The molecule has 1 aliphatic heterocycles. The minimum atomic E-state index is -0.803. The normalized spacial score (nSPS) is 18.0. The van der Waals surface area contributed by atoms with Crippen molar-refractivity contribution in [2.24, 2.45) is 0 Å². The van der Waals surface area contributed by atoms with E-state index in [1.54, 1.807) is 18.2 Å². The SMILES string of the molecule is Cc1cc(OCC(=O)OC2CCOC2=O)ccc1Cl. The highest BCUT2D eigenvalue weighted by atomic mass is 35.5. The predicted molar refractivity (Wildman–Crippen MR) is 67.1 cm³/mol. The molecule has 0 N–H and O–H groups in total. The summed E-state index contributed by atoms with van der Waals surface area (Å²) in [5, 5.41) is 0.628. The first kappa shape index (κ1) is 13.7. The van der Waals surface area contributed by atoms with Crippen LogP contribution in [-0.4, -0.2) is 31.3 Å². The van der Waals surface area contributed by atoms with Gasteiger partial charge < -0.3 is 14.2 Å². The van der Waals surface area contributed by atoms with Crippen molar-refractivity contribution in [3.8, 4) is 5.75 Å². The number of aryl methyl sites for hydroxylation is 1. The summed E-state index contributed by atoms with van der Waals surface area (Å²) in [6.45, 7) is 1.86. The fraction of sp³-hybridized carbons (Fsp3) is 0.385. The number of hydrogen-bond donors (Lipinski definition) is 0. The minimum Gasteiger partial charge on any atom is -0.482 e. The fourth-order valence-corrected chi connectivity index (χ4v) is 1.74. The van der Waals surface area contributed by atoms with Crippen molar-refractivity contribution in [2.45, 2.75) is 19.4 Å². The second-order valence-electron chi connectivity index (χ2n) is 4.13. The maximum Gasteiger partial charge on any atom is 0.347 e. The van der Waals surface area contributed by atoms with Crippen molar-refractivity contribution in [3.63, 3.8) is 0 Å². The van der Waals surface area contributed by atoms with E-state index in [9.17, 15) is 9.59 Å². The summed E-state index contributed by atoms with van der Waals surface area (Å²) in [5.41, 5.74) is 0.854. The molecule has 19 heavy (non-hydrogen) atoms. The van der Waals surface area contributed by atoms with E-state index in [4.69, 9.17) is 21.1 Å². The van der Waals surface area contributed by atoms with Gasteiger partial charge in [0.25, 0.3) is 0 Å². The third-order valence-corrected chi connectivity index (χ3v) is 3.07. The number of benzene rings is 1. The molecule has 0 amide bonds. The van der Waals surface area contributed by atoms with Crippen molar-refractivity contribution in [1.82, 2.24) is 0 Å². The highest BCUT2D eigenvalue weighted by Gasteiger charge is 2.30. The highest BCUT2D eigenvalue weighted by molar-refractivity contribution is 6.31. The molecule has 2 rings (SSSR count). The molecule has 1 aromatic carbocycles. The van der Waals surface area contributed by atoms with E-state index in [2.05, 4.69) is 4.74 Å². The van der Waals surface area contributed by atoms with Crippen LogP contribution in [0.5, 0.6) is 5.75 Å². The summed E-state index contributed by atoms with van der Waals surface area (Å²) < 4.78 is 14.9. The molecule has 0 aromatic heterocycles. The minimum absolute atomic E-state index is 0.259. The van der Waals surface area contributed by atoms with Crippen LogP contribution in [0, 0.1) is 6.92 Å². The van der Waals surface area contributed by atoms with Crippen molar-refractivity contribution in [1.29, 1.82) is 0 Å². The van der Waals surface area contributed by atoms with Gasteiger partial charge in [0.05, 0.1) is 6.61 Å². The van der Waals surface area contributed by atoms with Crippen molar-refractivity contribution < 1.29 is 23.8 Å². The van der Waals surface area contributed by atoms with Crippen LogP contribution in [0.4, 0.5) is 0 Å². The Morgan fingerprint density at radius 3 is 2.95 bits per heavy atom. The van der Waals surface area contributed by atoms with Crippen molar-refractivity contribution >= 4 is 23.5 Å². The molecule has 0 aliphatic carbocycles. The third kappa shape index (κ3) is 3.61. The molecule has 1 aliphatic rings. The molecule has 0 radical (unpaired) electrons. The number of ether oxygens (including phenoxy) is 3. The molecule has 102 valence electrons. The van der Waals surface area contributed by atoms with Gasteiger partial charge in [0.15, 0.2) is 6.61 Å². The van der Waals surface area contributed by atoms with E-state index in [0.29, 0.717) is 17.2 Å². The van der Waals surface area contributed by atoms with Gasteiger partial charge in [-0.3, -0.25) is 0 Å². The van der Waals surface area contributed by atoms with Gasteiger partial charge in [0.2, 0.25) is 6.10 Å². The molecule has 0 spiro atoms. The standard InChI is InChI=1S/C13H13ClO5/c1-8-6-9(2-3-10(8)14)18-7-12(15)19-11-4-5-17-13(11)16/h2-3,6,11H,4-5,7H2,1H3. The predicted octanol–water partition coefficient (Wildman–Crippen LogP) is 1.89. The Hall–Kier alpha value is -1.75. The molecule has 1 unspecified atom stereocenters. The van der Waals surface area contributed by atoms with Crippen LogP contribution in [0.2, 0.25) is 5.02 Å². The summed E-state index contributed by atoms with van der Waals surface area (Å²) in [6.07, 6.45) is -0.409. The van der Waals surface area contributed by atoms with Gasteiger partial charge >= 0.3 is 11.9 Å². The fourth-order valence-electron chi connectivity index (χ4n) is 1.63. The van der Waals surface area contributed by atoms with Crippen LogP contribution in [0.15, 0.2) is 18.2 Å². The molecule has 1 aromatic rings. The summed E-state index contributed by atoms with van der Waals surface area (Å²) in [4.78, 5) is 22.6. The topological polar surface area (TPSA) is 61.8 Å². The van der Waals surface area contributed by atoms with E-state index in [1.807, 2.05) is 6.92 Å². The third-order valence-electron chi connectivity index (χ3n) is 2.65. The van der Waals surface area contributed by atoms with Crippen LogP contribution < -0.4 is 4.74 Å². The highest BCUT2D eigenvalue weighted by Crippen LogP contribution is 2.21. The number of carbonyl (C=O) groups excluding carboxylic acids is 2. The summed E-state index contributed by atoms with van der Waals surface area (Å²) in [5.74, 6) is -0.583. The first-order valence-electron chi connectivity index (χ1n) is 5.81. The Bertz CT molecular complexity index is 500. The Balaban J connectivity index is 1.82. The first-order valence-corrected chi connectivity index (χ1v) is 6.19. The Morgan fingerprint density at radius 1 is 1.53 bits per heavy atom. The average molecular weight is 285 g/mol. The molecular formula is C13H13ClO5. The second-order valence-corrected chi connectivity index (χ2v) is 4.54. The lowest BCUT2D eigenvalue weighted by molar-refractivity contribution is -0.161. The summed E-state index contributed by atoms with van der Waals surface area (Å²) >= 11 is 5.87. The van der Waals surface area contributed by atoms with E-state index < -0.39 is 18.0 Å². The van der Waals surface area contributed by atoms with Gasteiger partial charge in [0.1, 0.15) is 5.75 Å². The van der Waals surface area contributed by atoms with Gasteiger partial charge in [-0.25, -0.2) is 9.59 Å². The number of rotatable bonds is 4. The molecule has 0 saturated carbocycles. The van der Waals surface area contributed by atoms with Crippen LogP contribution in [0.3, 0.4) is 0 Å². The van der Waals surface area contributed by atoms with Gasteiger partial charge in [-0.15, -0.1) is 0 Å². The maximum absolute atomic E-state index is 11.5. The van der Waals surface area contributed by atoms with Crippen LogP contribution in [-0.2, 0) is 19.1 Å². The largest absolute Gasteiger partial charge is 0.482 e. The molecule has 1 heterocycles. The van der Waals surface area contributed by atoms with Gasteiger partial charge in [-0.1, -0.05) is 11.6 Å². The smallest absolute Gasteiger partial charge is 0.347 e. The van der Waals surface area contributed by atoms with E-state index in [1.165, 1.54) is 0 Å². The van der Waals surface area contributed by atoms with E-state index in [0.717, 1.165) is 5.56 Å². The zero-order valence-electron chi connectivity index (χ0n) is 10.3. The molecule has 6 heteroatoms. The summed E-state index contributed by atoms with van der Waals surface area (Å²) in [6, 6.07) is 5.07. The Morgan fingerprint density at radius 2 is 2.32 bits per heavy atom. The first-order chi connectivity index (χ1) is 9.06. The Kier molecular flexibility index (Phi) is 4.27. The van der Waals surface area contributed by atoms with Gasteiger partial charge in [-0.05, 0) is 30.7 Å². The number of esters is 2. The Labute approximate surface area is 115 Å². The number of halogens is 1. The lowest BCUT2D eigenvalue weighted by Gasteiger charge is -2.10. The van der Waals surface area contributed by atoms with Crippen molar-refractivity contribution in [3.05, 3.63) is 28.8 Å².